The summed E-state index contributed by atoms with van der Waals surface area (Å²) in [5.41, 5.74) is -0.977. The molecule has 0 spiro atoms. The lowest BCUT2D eigenvalue weighted by Crippen LogP contribution is -2.29. The minimum absolute atomic E-state index is 0.0614. The van der Waals surface area contributed by atoms with Gasteiger partial charge >= 0.3 is 6.18 Å². The van der Waals surface area contributed by atoms with Gasteiger partial charge < -0.3 is 5.21 Å². The molecule has 0 aliphatic carbocycles. The van der Waals surface area contributed by atoms with Crippen molar-refractivity contribution in [3.05, 3.63) is 29.1 Å². The molecule has 0 fully saturated rings. The van der Waals surface area contributed by atoms with Crippen LogP contribution in [0.2, 0.25) is 0 Å². The average Bonchev–Trinajstić information content (AvgIpc) is 1.92. The molecule has 6 heteroatoms. The number of rotatable bonds is 0. The molecule has 0 N–H and O–H groups in total. The quantitative estimate of drug-likeness (QED) is 0.380. The van der Waals surface area contributed by atoms with E-state index in [1.54, 1.807) is 0 Å². The maximum absolute atomic E-state index is 11.9. The zero-order valence-electron chi connectivity index (χ0n) is 5.67. The topological polar surface area (TPSA) is 26.9 Å². The molecule has 0 aliphatic rings. The minimum atomic E-state index is -4.48. The lowest BCUT2D eigenvalue weighted by atomic mass is 10.3. The van der Waals surface area contributed by atoms with Crippen molar-refractivity contribution in [2.24, 2.45) is 0 Å². The van der Waals surface area contributed by atoms with Gasteiger partial charge in [-0.1, -0.05) is 12.6 Å². The van der Waals surface area contributed by atoms with Gasteiger partial charge in [-0.3, -0.25) is 0 Å². The van der Waals surface area contributed by atoms with Gasteiger partial charge in [0.1, 0.15) is 5.56 Å². The molecule has 0 aromatic carbocycles. The molecule has 1 rings (SSSR count). The van der Waals surface area contributed by atoms with E-state index in [4.69, 9.17) is 0 Å². The lowest BCUT2D eigenvalue weighted by Gasteiger charge is -2.05. The Bertz CT molecular complexity index is 299. The smallest absolute Gasteiger partial charge is 0.422 e. The normalized spacial score (nSPS) is 11.7. The SMILES string of the molecule is [O-][n+]1cc(C(F)(F)F)ccc1S. The average molecular weight is 195 g/mol. The molecule has 1 aromatic rings. The summed E-state index contributed by atoms with van der Waals surface area (Å²) < 4.78 is 35.8. The number of halogens is 3. The molecule has 1 aromatic heterocycles. The van der Waals surface area contributed by atoms with Crippen LogP contribution in [0.4, 0.5) is 13.2 Å². The third kappa shape index (κ3) is 1.82. The fourth-order valence-electron chi connectivity index (χ4n) is 0.641. The van der Waals surface area contributed by atoms with Gasteiger partial charge in [0.25, 0.3) is 0 Å². The van der Waals surface area contributed by atoms with Crippen molar-refractivity contribution >= 4 is 12.6 Å². The maximum Gasteiger partial charge on any atom is 0.422 e. The second-order valence-electron chi connectivity index (χ2n) is 2.10. The molecule has 0 unspecified atom stereocenters. The zero-order valence-corrected chi connectivity index (χ0v) is 6.56. The van der Waals surface area contributed by atoms with Crippen LogP contribution in [0.25, 0.3) is 0 Å². The van der Waals surface area contributed by atoms with Gasteiger partial charge in [-0.25, -0.2) is 0 Å². The van der Waals surface area contributed by atoms with Crippen molar-refractivity contribution in [3.8, 4) is 0 Å². The highest BCUT2D eigenvalue weighted by molar-refractivity contribution is 7.80. The van der Waals surface area contributed by atoms with Gasteiger partial charge in [-0.05, 0) is 6.07 Å². The van der Waals surface area contributed by atoms with Crippen molar-refractivity contribution < 1.29 is 17.9 Å². The van der Waals surface area contributed by atoms with Crippen LogP contribution in [-0.4, -0.2) is 0 Å². The standard InChI is InChI=1S/C6H4F3NOS/c7-6(8,9)4-1-2-5(12)10(11)3-4/h1-3,12H. The van der Waals surface area contributed by atoms with Crippen molar-refractivity contribution in [2.45, 2.75) is 11.2 Å². The Morgan fingerprint density at radius 3 is 2.33 bits per heavy atom. The summed E-state index contributed by atoms with van der Waals surface area (Å²) in [6.07, 6.45) is -4.03. The van der Waals surface area contributed by atoms with E-state index in [1.807, 2.05) is 0 Å². The molecule has 0 saturated heterocycles. The molecule has 0 bridgehead atoms. The maximum atomic E-state index is 11.9. The highest BCUT2D eigenvalue weighted by atomic mass is 32.1. The van der Waals surface area contributed by atoms with E-state index in [0.717, 1.165) is 12.1 Å². The second kappa shape index (κ2) is 2.85. The predicted molar refractivity (Wildman–Crippen MR) is 37.7 cm³/mol. The monoisotopic (exact) mass is 195 g/mol. The van der Waals surface area contributed by atoms with Gasteiger partial charge in [0.15, 0.2) is 6.20 Å². The molecular weight excluding hydrogens is 191 g/mol. The molecule has 2 nitrogen and oxygen atoms in total. The molecule has 0 aliphatic heterocycles. The summed E-state index contributed by atoms with van der Waals surface area (Å²) in [6.45, 7) is 0. The first-order valence-corrected chi connectivity index (χ1v) is 3.35. The fourth-order valence-corrected chi connectivity index (χ4v) is 0.773. The largest absolute Gasteiger partial charge is 0.618 e. The molecule has 1 heterocycles. The Morgan fingerprint density at radius 2 is 1.92 bits per heavy atom. The Hall–Kier alpha value is -0.910. The lowest BCUT2D eigenvalue weighted by molar-refractivity contribution is -0.646. The van der Waals surface area contributed by atoms with Crippen LogP contribution in [-0.2, 0) is 6.18 Å². The van der Waals surface area contributed by atoms with Gasteiger partial charge in [0, 0.05) is 6.07 Å². The first-order valence-electron chi connectivity index (χ1n) is 2.90. The van der Waals surface area contributed by atoms with Gasteiger partial charge in [0.2, 0.25) is 5.03 Å². The minimum Gasteiger partial charge on any atom is -0.618 e. The van der Waals surface area contributed by atoms with Crippen LogP contribution in [0.5, 0.6) is 0 Å². The molecule has 66 valence electrons. The fraction of sp³-hybridized carbons (Fsp3) is 0.167. The molecule has 0 radical (unpaired) electrons. The van der Waals surface area contributed by atoms with Gasteiger partial charge in [-0.15, -0.1) is 0 Å². The molecule has 12 heavy (non-hydrogen) atoms. The van der Waals surface area contributed by atoms with E-state index < -0.39 is 11.7 Å². The summed E-state index contributed by atoms with van der Waals surface area (Å²) in [6, 6.07) is 1.80. The van der Waals surface area contributed by atoms with Crippen molar-refractivity contribution in [1.29, 1.82) is 0 Å². The number of hydrogen-bond donors (Lipinski definition) is 1. The van der Waals surface area contributed by atoms with E-state index >= 15 is 0 Å². The third-order valence-corrected chi connectivity index (χ3v) is 1.57. The van der Waals surface area contributed by atoms with E-state index in [0.29, 0.717) is 6.20 Å². The Balaban J connectivity index is 3.14. The van der Waals surface area contributed by atoms with E-state index in [1.165, 1.54) is 0 Å². The van der Waals surface area contributed by atoms with Crippen LogP contribution in [0, 0.1) is 5.21 Å². The molecule has 0 amide bonds. The Morgan fingerprint density at radius 1 is 1.33 bits per heavy atom. The highest BCUT2D eigenvalue weighted by Gasteiger charge is 2.33. The highest BCUT2D eigenvalue weighted by Crippen LogP contribution is 2.28. The van der Waals surface area contributed by atoms with Crippen LogP contribution in [0.3, 0.4) is 0 Å². The van der Waals surface area contributed by atoms with Crippen molar-refractivity contribution in [1.82, 2.24) is 0 Å². The van der Waals surface area contributed by atoms with Crippen LogP contribution >= 0.6 is 12.6 Å². The Kier molecular flexibility index (Phi) is 2.18. The molecular formula is C6H4F3NOS. The van der Waals surface area contributed by atoms with Crippen molar-refractivity contribution in [2.75, 3.05) is 0 Å². The van der Waals surface area contributed by atoms with Crippen molar-refractivity contribution in [3.63, 3.8) is 0 Å². The van der Waals surface area contributed by atoms with E-state index in [9.17, 15) is 18.4 Å². The summed E-state index contributed by atoms with van der Waals surface area (Å²) in [5, 5.41) is 10.6. The number of hydrogen-bond acceptors (Lipinski definition) is 2. The Labute approximate surface area is 71.6 Å². The number of aromatic nitrogens is 1. The van der Waals surface area contributed by atoms with E-state index in [-0.39, 0.29) is 9.76 Å². The number of pyridine rings is 1. The van der Waals surface area contributed by atoms with Crippen LogP contribution < -0.4 is 4.73 Å². The second-order valence-corrected chi connectivity index (χ2v) is 2.56. The molecule has 0 atom stereocenters. The summed E-state index contributed by atoms with van der Waals surface area (Å²) in [4.78, 5) is 0. The van der Waals surface area contributed by atoms with Gasteiger partial charge in [-0.2, -0.15) is 17.9 Å². The zero-order chi connectivity index (χ0) is 9.35. The predicted octanol–water partition coefficient (Wildman–Crippen LogP) is 1.63. The molecule has 0 saturated carbocycles. The van der Waals surface area contributed by atoms with Gasteiger partial charge in [0.05, 0.1) is 0 Å². The number of nitrogens with zero attached hydrogens (tertiary/aromatic N) is 1. The number of thiol groups is 1. The summed E-state index contributed by atoms with van der Waals surface area (Å²) in [5.74, 6) is 0. The van der Waals surface area contributed by atoms with Crippen LogP contribution in [0.15, 0.2) is 23.4 Å². The third-order valence-electron chi connectivity index (χ3n) is 1.22. The first kappa shape index (κ1) is 9.18. The van der Waals surface area contributed by atoms with Crippen LogP contribution in [0.1, 0.15) is 5.56 Å². The summed E-state index contributed by atoms with van der Waals surface area (Å²) in [7, 11) is 0. The number of alkyl halides is 3. The summed E-state index contributed by atoms with van der Waals surface area (Å²) >= 11 is 3.62. The van der Waals surface area contributed by atoms with E-state index in [2.05, 4.69) is 12.6 Å². The first-order chi connectivity index (χ1) is 5.41.